The largest absolute Gasteiger partial charge is 0.490 e. The van der Waals surface area contributed by atoms with Gasteiger partial charge in [0.15, 0.2) is 11.5 Å². The molecule has 4 rings (SSSR count). The maximum Gasteiger partial charge on any atom is 0.261 e. The van der Waals surface area contributed by atoms with Crippen molar-refractivity contribution in [2.75, 3.05) is 13.2 Å². The van der Waals surface area contributed by atoms with E-state index in [1.54, 1.807) is 0 Å². The Balaban J connectivity index is 1.62. The molecular weight excluding hydrogens is 358 g/mol. The minimum atomic E-state index is -0.154. The van der Waals surface area contributed by atoms with Gasteiger partial charge in [0.1, 0.15) is 0 Å². The maximum atomic E-state index is 12.7. The summed E-state index contributed by atoms with van der Waals surface area (Å²) in [7, 11) is 0. The van der Waals surface area contributed by atoms with Gasteiger partial charge < -0.3 is 14.8 Å². The number of amides is 1. The Kier molecular flexibility index (Phi) is 5.39. The van der Waals surface area contributed by atoms with E-state index in [9.17, 15) is 4.79 Å². The second-order valence-electron chi connectivity index (χ2n) is 6.45. The van der Waals surface area contributed by atoms with Crippen LogP contribution >= 0.6 is 11.3 Å². The predicted molar refractivity (Wildman–Crippen MR) is 107 cm³/mol. The average Bonchev–Trinajstić information content (AvgIpc) is 3.14. The Morgan fingerprint density at radius 3 is 2.59 bits per heavy atom. The lowest BCUT2D eigenvalue weighted by molar-refractivity contribution is 0.0940. The van der Waals surface area contributed by atoms with Gasteiger partial charge in [-0.3, -0.25) is 4.79 Å². The van der Waals surface area contributed by atoms with E-state index in [1.165, 1.54) is 16.9 Å². The third-order valence-electron chi connectivity index (χ3n) is 4.51. The van der Waals surface area contributed by atoms with Gasteiger partial charge in [0.25, 0.3) is 5.91 Å². The highest BCUT2D eigenvalue weighted by molar-refractivity contribution is 7.12. The third kappa shape index (κ3) is 4.31. The minimum Gasteiger partial charge on any atom is -0.490 e. The molecule has 1 N–H and O–H groups in total. The topological polar surface area (TPSA) is 47.6 Å². The van der Waals surface area contributed by atoms with Gasteiger partial charge in [0.2, 0.25) is 0 Å². The molecule has 0 saturated heterocycles. The number of nitrogens with one attached hydrogen (secondary N) is 1. The molecule has 2 aromatic carbocycles. The van der Waals surface area contributed by atoms with Crippen molar-refractivity contribution >= 4 is 17.2 Å². The number of carbonyl (C=O) groups is 1. The molecule has 27 heavy (non-hydrogen) atoms. The number of carbonyl (C=O) groups excluding carboxylic acids is 1. The van der Waals surface area contributed by atoms with Crippen LogP contribution in [0.3, 0.4) is 0 Å². The molecule has 4 nitrogen and oxygen atoms in total. The number of rotatable bonds is 5. The summed E-state index contributed by atoms with van der Waals surface area (Å²) in [5.41, 5.74) is 2.18. The zero-order chi connectivity index (χ0) is 18.5. The van der Waals surface area contributed by atoms with Crippen molar-refractivity contribution in [2.24, 2.45) is 0 Å². The molecule has 0 radical (unpaired) electrons. The highest BCUT2D eigenvalue weighted by atomic mass is 32.1. The summed E-state index contributed by atoms with van der Waals surface area (Å²) in [4.78, 5) is 13.4. The first-order valence-corrected chi connectivity index (χ1v) is 9.95. The molecule has 1 aliphatic rings. The van der Waals surface area contributed by atoms with Crippen LogP contribution in [-0.2, 0) is 6.42 Å². The molecule has 1 atom stereocenters. The first-order chi connectivity index (χ1) is 13.3. The molecule has 1 aromatic heterocycles. The molecule has 1 amide bonds. The van der Waals surface area contributed by atoms with Crippen molar-refractivity contribution in [3.63, 3.8) is 0 Å². The van der Waals surface area contributed by atoms with Crippen molar-refractivity contribution < 1.29 is 14.3 Å². The average molecular weight is 379 g/mol. The first kappa shape index (κ1) is 17.6. The number of thiophene rings is 1. The van der Waals surface area contributed by atoms with Gasteiger partial charge in [0, 0.05) is 6.42 Å². The monoisotopic (exact) mass is 379 g/mol. The number of ether oxygens (including phenoxy) is 2. The lowest BCUT2D eigenvalue weighted by Gasteiger charge is -2.20. The Morgan fingerprint density at radius 2 is 1.81 bits per heavy atom. The Labute approximate surface area is 162 Å². The fourth-order valence-corrected chi connectivity index (χ4v) is 3.76. The van der Waals surface area contributed by atoms with Gasteiger partial charge in [0.05, 0.1) is 24.1 Å². The minimum absolute atomic E-state index is 0.0574. The van der Waals surface area contributed by atoms with E-state index in [2.05, 4.69) is 17.4 Å². The zero-order valence-corrected chi connectivity index (χ0v) is 15.7. The quantitative estimate of drug-likeness (QED) is 0.703. The third-order valence-corrected chi connectivity index (χ3v) is 5.38. The van der Waals surface area contributed by atoms with E-state index in [4.69, 9.17) is 9.47 Å². The molecule has 0 unspecified atom stereocenters. The molecule has 0 fully saturated rings. The molecule has 0 aliphatic carbocycles. The van der Waals surface area contributed by atoms with Gasteiger partial charge in [-0.2, -0.15) is 0 Å². The van der Waals surface area contributed by atoms with Crippen molar-refractivity contribution in [1.82, 2.24) is 5.32 Å². The summed E-state index contributed by atoms with van der Waals surface area (Å²) in [6, 6.07) is 19.7. The van der Waals surface area contributed by atoms with Crippen LogP contribution in [0.15, 0.2) is 66.0 Å². The van der Waals surface area contributed by atoms with Crippen molar-refractivity contribution in [3.8, 4) is 11.5 Å². The van der Waals surface area contributed by atoms with Crippen LogP contribution in [-0.4, -0.2) is 19.1 Å². The predicted octanol–water partition coefficient (Wildman–Crippen LogP) is 4.62. The molecule has 138 valence electrons. The molecule has 0 spiro atoms. The lowest BCUT2D eigenvalue weighted by atomic mass is 9.98. The van der Waals surface area contributed by atoms with Crippen LogP contribution in [0, 0.1) is 0 Å². The fourth-order valence-electron chi connectivity index (χ4n) is 3.14. The van der Waals surface area contributed by atoms with Crippen molar-refractivity contribution in [3.05, 3.63) is 82.0 Å². The fraction of sp³-hybridized carbons (Fsp3) is 0.227. The van der Waals surface area contributed by atoms with Crippen LogP contribution in [0.2, 0.25) is 0 Å². The van der Waals surface area contributed by atoms with Gasteiger partial charge in [-0.05, 0) is 41.1 Å². The Hall–Kier alpha value is -2.79. The second-order valence-corrected chi connectivity index (χ2v) is 7.40. The lowest BCUT2D eigenvalue weighted by Crippen LogP contribution is -2.29. The zero-order valence-electron chi connectivity index (χ0n) is 14.9. The SMILES string of the molecule is O=C(N[C@@H](Cc1ccccc1)c1ccc2c(c1)OCCCO2)c1cccs1. The molecule has 0 saturated carbocycles. The molecule has 2 heterocycles. The molecule has 3 aromatic rings. The summed E-state index contributed by atoms with van der Waals surface area (Å²) in [6.45, 7) is 1.30. The highest BCUT2D eigenvalue weighted by Crippen LogP contribution is 2.33. The number of hydrogen-bond donors (Lipinski definition) is 1. The molecular formula is C22H21NO3S. The summed E-state index contributed by atoms with van der Waals surface area (Å²) >= 11 is 1.44. The van der Waals surface area contributed by atoms with E-state index < -0.39 is 0 Å². The van der Waals surface area contributed by atoms with E-state index in [1.807, 2.05) is 53.9 Å². The van der Waals surface area contributed by atoms with Gasteiger partial charge >= 0.3 is 0 Å². The van der Waals surface area contributed by atoms with Crippen LogP contribution in [0.25, 0.3) is 0 Å². The highest BCUT2D eigenvalue weighted by Gasteiger charge is 2.20. The number of hydrogen-bond acceptors (Lipinski definition) is 4. The summed E-state index contributed by atoms with van der Waals surface area (Å²) < 4.78 is 11.6. The van der Waals surface area contributed by atoms with Crippen molar-refractivity contribution in [1.29, 1.82) is 0 Å². The summed E-state index contributed by atoms with van der Waals surface area (Å²) in [5.74, 6) is 1.45. The molecule has 5 heteroatoms. The summed E-state index contributed by atoms with van der Waals surface area (Å²) in [6.07, 6.45) is 1.57. The maximum absolute atomic E-state index is 12.7. The van der Waals surface area contributed by atoms with Crippen LogP contribution < -0.4 is 14.8 Å². The smallest absolute Gasteiger partial charge is 0.261 e. The van der Waals surface area contributed by atoms with E-state index >= 15 is 0 Å². The summed E-state index contributed by atoms with van der Waals surface area (Å²) in [5, 5.41) is 5.09. The van der Waals surface area contributed by atoms with E-state index in [-0.39, 0.29) is 11.9 Å². The van der Waals surface area contributed by atoms with E-state index in [0.717, 1.165) is 23.5 Å². The van der Waals surface area contributed by atoms with Crippen LogP contribution in [0.4, 0.5) is 0 Å². The van der Waals surface area contributed by atoms with E-state index in [0.29, 0.717) is 24.5 Å². The number of fused-ring (bicyclic) bond motifs is 1. The van der Waals surface area contributed by atoms with Crippen LogP contribution in [0.5, 0.6) is 11.5 Å². The Morgan fingerprint density at radius 1 is 1.00 bits per heavy atom. The Bertz CT molecular complexity index is 893. The number of benzene rings is 2. The van der Waals surface area contributed by atoms with Gasteiger partial charge in [-0.15, -0.1) is 11.3 Å². The van der Waals surface area contributed by atoms with Gasteiger partial charge in [-0.1, -0.05) is 42.5 Å². The van der Waals surface area contributed by atoms with Crippen LogP contribution in [0.1, 0.15) is 33.3 Å². The molecule has 0 bridgehead atoms. The van der Waals surface area contributed by atoms with Gasteiger partial charge in [-0.25, -0.2) is 0 Å². The standard InChI is InChI=1S/C22H21NO3S/c24-22(21-8-4-13-27-21)23-18(14-16-6-2-1-3-7-16)17-9-10-19-20(15-17)26-12-5-11-25-19/h1-4,6-10,13,15,18H,5,11-12,14H2,(H,23,24)/t18-/m0/s1. The normalized spacial score (nSPS) is 14.2. The van der Waals surface area contributed by atoms with Crippen molar-refractivity contribution in [2.45, 2.75) is 18.9 Å². The molecule has 1 aliphatic heterocycles. The second kappa shape index (κ2) is 8.27. The first-order valence-electron chi connectivity index (χ1n) is 9.07.